The summed E-state index contributed by atoms with van der Waals surface area (Å²) >= 11 is 0. The van der Waals surface area contributed by atoms with Gasteiger partial charge in [-0.2, -0.15) is 0 Å². The van der Waals surface area contributed by atoms with Crippen molar-refractivity contribution >= 4 is 106 Å². The maximum absolute atomic E-state index is 14.9. The van der Waals surface area contributed by atoms with Gasteiger partial charge in [-0.15, -0.1) is 0 Å². The number of fused-ring (bicyclic) bond motifs is 8. The van der Waals surface area contributed by atoms with Gasteiger partial charge in [-0.25, -0.2) is 8.78 Å². The van der Waals surface area contributed by atoms with Gasteiger partial charge >= 0.3 is 0 Å². The monoisotopic (exact) mass is 732 g/mol. The standard InChI is InChI=1S/C49H34F2N2OSi/c1-55(2,3)45-28-42-46-29(22-40-37-21-19-34(26-44(37)54-49(40)42)52(32-12-6-4-7-13-32)33-14-8-5-9-15-33)18-20-38-47(46)41(45)27-39-36-16-10-11-17-43(36)53(48(38)39)35-24-30(50)23-31(51)25-35/h4-28H,1-3H3. The van der Waals surface area contributed by atoms with Gasteiger partial charge in [-0.1, -0.05) is 97.6 Å². The normalized spacial score (nSPS) is 12.5. The molecule has 264 valence electrons. The minimum atomic E-state index is -1.96. The van der Waals surface area contributed by atoms with E-state index in [1.165, 1.54) is 22.7 Å². The molecule has 2 heterocycles. The molecule has 11 aromatic rings. The van der Waals surface area contributed by atoms with Crippen LogP contribution in [0.3, 0.4) is 0 Å². The summed E-state index contributed by atoms with van der Waals surface area (Å²) in [6.45, 7) is 7.18. The van der Waals surface area contributed by atoms with E-state index >= 15 is 0 Å². The van der Waals surface area contributed by atoms with Crippen molar-refractivity contribution in [3.63, 3.8) is 0 Å². The van der Waals surface area contributed by atoms with Crippen LogP contribution in [-0.4, -0.2) is 12.6 Å². The third-order valence-corrected chi connectivity index (χ3v) is 13.3. The number of anilines is 3. The van der Waals surface area contributed by atoms with Crippen LogP contribution in [0.5, 0.6) is 0 Å². The molecule has 11 rings (SSSR count). The zero-order valence-electron chi connectivity index (χ0n) is 30.5. The van der Waals surface area contributed by atoms with Crippen LogP contribution in [-0.2, 0) is 0 Å². The van der Waals surface area contributed by atoms with Crippen molar-refractivity contribution < 1.29 is 13.2 Å². The Kier molecular flexibility index (Phi) is 6.68. The molecule has 9 aromatic carbocycles. The van der Waals surface area contributed by atoms with Crippen LogP contribution < -0.4 is 10.1 Å². The molecule has 0 aliphatic rings. The molecule has 2 aromatic heterocycles. The first-order chi connectivity index (χ1) is 26.7. The third kappa shape index (κ3) is 4.71. The van der Waals surface area contributed by atoms with Gasteiger partial charge in [0, 0.05) is 66.9 Å². The topological polar surface area (TPSA) is 21.3 Å². The molecule has 3 nitrogen and oxygen atoms in total. The molecule has 0 saturated heterocycles. The Morgan fingerprint density at radius 3 is 1.89 bits per heavy atom. The average molecular weight is 733 g/mol. The third-order valence-electron chi connectivity index (χ3n) is 11.3. The number of aromatic nitrogens is 1. The van der Waals surface area contributed by atoms with Crippen LogP contribution in [0, 0.1) is 11.6 Å². The number of nitrogens with zero attached hydrogens (tertiary/aromatic N) is 2. The van der Waals surface area contributed by atoms with Crippen LogP contribution >= 0.6 is 0 Å². The minimum absolute atomic E-state index is 0.458. The summed E-state index contributed by atoms with van der Waals surface area (Å²) < 4.78 is 38.7. The second-order valence-electron chi connectivity index (χ2n) is 15.7. The summed E-state index contributed by atoms with van der Waals surface area (Å²) in [7, 11) is -1.96. The lowest BCUT2D eigenvalue weighted by molar-refractivity contribution is 0.582. The van der Waals surface area contributed by atoms with E-state index in [-0.39, 0.29) is 0 Å². The fourth-order valence-corrected chi connectivity index (χ4v) is 10.6. The van der Waals surface area contributed by atoms with Crippen LogP contribution in [0.4, 0.5) is 25.8 Å². The smallest absolute Gasteiger partial charge is 0.143 e. The number of para-hydroxylation sites is 3. The molecule has 55 heavy (non-hydrogen) atoms. The molecule has 0 spiro atoms. The molecule has 0 fully saturated rings. The Bertz CT molecular complexity index is 3270. The van der Waals surface area contributed by atoms with E-state index in [1.54, 1.807) is 0 Å². The van der Waals surface area contributed by atoms with Gasteiger partial charge in [0.05, 0.1) is 24.8 Å². The molecule has 0 saturated carbocycles. The Morgan fingerprint density at radius 1 is 0.509 bits per heavy atom. The number of hydrogen-bond donors (Lipinski definition) is 0. The van der Waals surface area contributed by atoms with Gasteiger partial charge in [-0.3, -0.25) is 0 Å². The van der Waals surface area contributed by atoms with E-state index in [4.69, 9.17) is 4.42 Å². The van der Waals surface area contributed by atoms with Crippen LogP contribution in [0.2, 0.25) is 19.6 Å². The summed E-state index contributed by atoms with van der Waals surface area (Å²) in [6.07, 6.45) is 0. The highest BCUT2D eigenvalue weighted by molar-refractivity contribution is 6.90. The molecular weight excluding hydrogens is 699 g/mol. The van der Waals surface area contributed by atoms with Gasteiger partial charge in [0.25, 0.3) is 0 Å². The maximum Gasteiger partial charge on any atom is 0.143 e. The molecule has 0 N–H and O–H groups in total. The van der Waals surface area contributed by atoms with E-state index in [1.807, 2.05) is 34.9 Å². The van der Waals surface area contributed by atoms with Gasteiger partial charge in [-0.05, 0) is 82.9 Å². The quantitative estimate of drug-likeness (QED) is 0.130. The summed E-state index contributed by atoms with van der Waals surface area (Å²) in [5.41, 5.74) is 7.13. The fourth-order valence-electron chi connectivity index (χ4n) is 8.99. The lowest BCUT2D eigenvalue weighted by Crippen LogP contribution is -2.38. The van der Waals surface area contributed by atoms with Gasteiger partial charge in [0.2, 0.25) is 0 Å². The van der Waals surface area contributed by atoms with Crippen LogP contribution in [0.15, 0.2) is 156 Å². The Hall–Kier alpha value is -6.50. The van der Waals surface area contributed by atoms with Crippen molar-refractivity contribution in [3.8, 4) is 5.69 Å². The molecule has 6 heteroatoms. The predicted molar refractivity (Wildman–Crippen MR) is 229 cm³/mol. The highest BCUT2D eigenvalue weighted by Gasteiger charge is 2.27. The number of rotatable bonds is 5. The van der Waals surface area contributed by atoms with E-state index in [0.717, 1.165) is 93.8 Å². The SMILES string of the molecule is C[Si](C)(C)c1cc2c3oc4cc(N(c5ccccc5)c5ccccc5)ccc4c3cc3ccc4c(c1cc1c5ccccc5n(-c5cc(F)cc(F)c5)c14)c32. The summed E-state index contributed by atoms with van der Waals surface area (Å²) in [5.74, 6) is -1.21. The van der Waals surface area contributed by atoms with Crippen molar-refractivity contribution in [2.75, 3.05) is 4.90 Å². The molecule has 0 unspecified atom stereocenters. The Morgan fingerprint density at radius 2 is 1.18 bits per heavy atom. The van der Waals surface area contributed by atoms with Crippen molar-refractivity contribution in [3.05, 3.63) is 163 Å². The van der Waals surface area contributed by atoms with E-state index in [2.05, 4.69) is 128 Å². The van der Waals surface area contributed by atoms with Crippen LogP contribution in [0.25, 0.3) is 81.7 Å². The minimum Gasteiger partial charge on any atom is -0.455 e. The van der Waals surface area contributed by atoms with E-state index < -0.39 is 19.7 Å². The van der Waals surface area contributed by atoms with Gasteiger partial charge in [0.1, 0.15) is 22.8 Å². The number of benzene rings is 9. The highest BCUT2D eigenvalue weighted by Crippen LogP contribution is 2.47. The lowest BCUT2D eigenvalue weighted by Gasteiger charge is -2.25. The summed E-state index contributed by atoms with van der Waals surface area (Å²) in [6, 6.07) is 50.7. The predicted octanol–water partition coefficient (Wildman–Crippen LogP) is 13.9. The lowest BCUT2D eigenvalue weighted by atomic mass is 9.91. The second kappa shape index (κ2) is 11.5. The molecule has 0 atom stereocenters. The molecule has 0 amide bonds. The Labute approximate surface area is 316 Å². The number of halogens is 2. The first-order valence-corrected chi connectivity index (χ1v) is 22.1. The van der Waals surface area contributed by atoms with Gasteiger partial charge in [0.15, 0.2) is 0 Å². The van der Waals surface area contributed by atoms with E-state index in [9.17, 15) is 8.78 Å². The molecular formula is C49H34F2N2OSi. The highest BCUT2D eigenvalue weighted by atomic mass is 28.3. The molecule has 0 bridgehead atoms. The number of furan rings is 1. The second-order valence-corrected chi connectivity index (χ2v) is 20.7. The summed E-state index contributed by atoms with van der Waals surface area (Å²) in [5, 5.41) is 12.4. The van der Waals surface area contributed by atoms with Crippen LogP contribution in [0.1, 0.15) is 0 Å². The maximum atomic E-state index is 14.9. The first kappa shape index (κ1) is 32.0. The zero-order valence-corrected chi connectivity index (χ0v) is 31.5. The zero-order chi connectivity index (χ0) is 37.2. The largest absolute Gasteiger partial charge is 0.455 e. The van der Waals surface area contributed by atoms with Crippen molar-refractivity contribution in [1.82, 2.24) is 4.57 Å². The molecule has 0 aliphatic carbocycles. The average Bonchev–Trinajstić information content (AvgIpc) is 3.72. The van der Waals surface area contributed by atoms with Gasteiger partial charge < -0.3 is 13.9 Å². The van der Waals surface area contributed by atoms with E-state index in [0.29, 0.717) is 5.69 Å². The molecule has 0 aliphatic heterocycles. The fraction of sp³-hybridized carbons (Fsp3) is 0.0612. The summed E-state index contributed by atoms with van der Waals surface area (Å²) in [4.78, 5) is 2.25. The van der Waals surface area contributed by atoms with Crippen molar-refractivity contribution in [2.45, 2.75) is 19.6 Å². The Balaban J connectivity index is 1.25. The molecule has 0 radical (unpaired) electrons. The first-order valence-electron chi connectivity index (χ1n) is 18.6. The van der Waals surface area contributed by atoms with Crippen molar-refractivity contribution in [2.24, 2.45) is 0 Å². The number of hydrogen-bond acceptors (Lipinski definition) is 2. The van der Waals surface area contributed by atoms with Crippen molar-refractivity contribution in [1.29, 1.82) is 0 Å².